The van der Waals surface area contributed by atoms with Crippen molar-refractivity contribution in [2.75, 3.05) is 18.6 Å². The monoisotopic (exact) mass is 293 g/mol. The van der Waals surface area contributed by atoms with E-state index in [9.17, 15) is 4.79 Å². The third kappa shape index (κ3) is 2.93. The molecule has 1 aromatic carbocycles. The Morgan fingerprint density at radius 2 is 2.16 bits per heavy atom. The molecule has 0 saturated heterocycles. The van der Waals surface area contributed by atoms with Crippen LogP contribution in [0.4, 0.5) is 5.69 Å². The molecule has 2 N–H and O–H groups in total. The van der Waals surface area contributed by atoms with Gasteiger partial charge in [-0.15, -0.1) is 23.1 Å². The zero-order valence-electron chi connectivity index (χ0n) is 10.8. The van der Waals surface area contributed by atoms with Gasteiger partial charge in [0.25, 0.3) is 0 Å². The van der Waals surface area contributed by atoms with Crippen molar-refractivity contribution >= 4 is 34.8 Å². The van der Waals surface area contributed by atoms with Crippen LogP contribution >= 0.6 is 23.1 Å². The van der Waals surface area contributed by atoms with Gasteiger partial charge in [0.15, 0.2) is 0 Å². The van der Waals surface area contributed by atoms with E-state index >= 15 is 0 Å². The molecule has 0 saturated carbocycles. The Morgan fingerprint density at radius 3 is 2.84 bits per heavy atom. The van der Waals surface area contributed by atoms with Crippen LogP contribution in [-0.4, -0.2) is 18.8 Å². The molecule has 0 fully saturated rings. The molecule has 19 heavy (non-hydrogen) atoms. The van der Waals surface area contributed by atoms with Gasteiger partial charge in [0, 0.05) is 15.3 Å². The molecule has 5 heteroatoms. The molecule has 0 spiro atoms. The summed E-state index contributed by atoms with van der Waals surface area (Å²) in [5, 5.41) is 0. The highest BCUT2D eigenvalue weighted by molar-refractivity contribution is 7.98. The van der Waals surface area contributed by atoms with Gasteiger partial charge in [-0.1, -0.05) is 18.2 Å². The SMILES string of the molecule is CCOC(=O)c1sc(-c2ccccc2SC)cc1N. The lowest BCUT2D eigenvalue weighted by Crippen LogP contribution is -2.04. The van der Waals surface area contributed by atoms with E-state index in [0.29, 0.717) is 17.2 Å². The summed E-state index contributed by atoms with van der Waals surface area (Å²) in [7, 11) is 0. The predicted molar refractivity (Wildman–Crippen MR) is 81.9 cm³/mol. The van der Waals surface area contributed by atoms with Crippen molar-refractivity contribution in [3.8, 4) is 10.4 Å². The van der Waals surface area contributed by atoms with E-state index in [4.69, 9.17) is 10.5 Å². The van der Waals surface area contributed by atoms with Gasteiger partial charge in [0.1, 0.15) is 4.88 Å². The van der Waals surface area contributed by atoms with Crippen LogP contribution in [0.5, 0.6) is 0 Å². The fraction of sp³-hybridized carbons (Fsp3) is 0.214. The molecule has 0 atom stereocenters. The largest absolute Gasteiger partial charge is 0.462 e. The minimum atomic E-state index is -0.349. The standard InChI is InChI=1S/C14H15NO2S2/c1-3-17-14(16)13-10(15)8-12(19-13)9-6-4-5-7-11(9)18-2/h4-8H,3,15H2,1-2H3. The van der Waals surface area contributed by atoms with Gasteiger partial charge in [0.2, 0.25) is 0 Å². The topological polar surface area (TPSA) is 52.3 Å². The molecule has 0 aliphatic carbocycles. The minimum absolute atomic E-state index is 0.349. The van der Waals surface area contributed by atoms with E-state index in [1.165, 1.54) is 16.2 Å². The highest BCUT2D eigenvalue weighted by Gasteiger charge is 2.17. The van der Waals surface area contributed by atoms with Crippen LogP contribution in [-0.2, 0) is 4.74 Å². The van der Waals surface area contributed by atoms with Crippen molar-refractivity contribution in [2.45, 2.75) is 11.8 Å². The number of hydrogen-bond donors (Lipinski definition) is 1. The van der Waals surface area contributed by atoms with E-state index in [2.05, 4.69) is 6.07 Å². The van der Waals surface area contributed by atoms with Crippen LogP contribution in [0.25, 0.3) is 10.4 Å². The molecule has 1 heterocycles. The molecule has 0 aliphatic heterocycles. The van der Waals surface area contributed by atoms with Gasteiger partial charge in [0.05, 0.1) is 12.3 Å². The second-order valence-electron chi connectivity index (χ2n) is 3.82. The van der Waals surface area contributed by atoms with Gasteiger partial charge < -0.3 is 10.5 Å². The van der Waals surface area contributed by atoms with Crippen molar-refractivity contribution in [3.05, 3.63) is 35.2 Å². The quantitative estimate of drug-likeness (QED) is 0.686. The zero-order valence-corrected chi connectivity index (χ0v) is 12.4. The van der Waals surface area contributed by atoms with Crippen LogP contribution in [0, 0.1) is 0 Å². The molecule has 3 nitrogen and oxygen atoms in total. The van der Waals surface area contributed by atoms with Crippen molar-refractivity contribution in [1.82, 2.24) is 0 Å². The lowest BCUT2D eigenvalue weighted by molar-refractivity contribution is 0.0533. The maximum atomic E-state index is 11.8. The number of nitrogens with two attached hydrogens (primary N) is 1. The number of carbonyl (C=O) groups is 1. The number of hydrogen-bond acceptors (Lipinski definition) is 5. The second kappa shape index (κ2) is 6.12. The molecule has 0 aliphatic rings. The number of thiophene rings is 1. The molecule has 2 rings (SSSR count). The number of nitrogen functional groups attached to an aromatic ring is 1. The molecule has 1 aromatic heterocycles. The third-order valence-electron chi connectivity index (χ3n) is 2.59. The number of esters is 1. The third-order valence-corrected chi connectivity index (χ3v) is 4.55. The van der Waals surface area contributed by atoms with Crippen molar-refractivity contribution in [1.29, 1.82) is 0 Å². The highest BCUT2D eigenvalue weighted by Crippen LogP contribution is 2.38. The smallest absolute Gasteiger partial charge is 0.350 e. The molecular weight excluding hydrogens is 278 g/mol. The van der Waals surface area contributed by atoms with Crippen molar-refractivity contribution < 1.29 is 9.53 Å². The molecular formula is C14H15NO2S2. The fourth-order valence-electron chi connectivity index (χ4n) is 1.74. The molecule has 2 aromatic rings. The van der Waals surface area contributed by atoms with Crippen LogP contribution in [0.15, 0.2) is 35.2 Å². The van der Waals surface area contributed by atoms with Crippen LogP contribution in [0.3, 0.4) is 0 Å². The Kier molecular flexibility index (Phi) is 4.50. The van der Waals surface area contributed by atoms with Crippen LogP contribution < -0.4 is 5.73 Å². The van der Waals surface area contributed by atoms with E-state index in [0.717, 1.165) is 10.4 Å². The predicted octanol–water partition coefficient (Wildman–Crippen LogP) is 3.90. The number of thioether (sulfide) groups is 1. The fourth-order valence-corrected chi connectivity index (χ4v) is 3.43. The number of ether oxygens (including phenoxy) is 1. The van der Waals surface area contributed by atoms with E-state index in [1.54, 1.807) is 18.7 Å². The maximum Gasteiger partial charge on any atom is 0.350 e. The van der Waals surface area contributed by atoms with Crippen molar-refractivity contribution in [2.24, 2.45) is 0 Å². The molecule has 0 bridgehead atoms. The van der Waals surface area contributed by atoms with Gasteiger partial charge in [-0.3, -0.25) is 0 Å². The Morgan fingerprint density at radius 1 is 1.42 bits per heavy atom. The van der Waals surface area contributed by atoms with Crippen molar-refractivity contribution in [3.63, 3.8) is 0 Å². The molecule has 0 unspecified atom stereocenters. The Bertz CT molecular complexity index is 593. The maximum absolute atomic E-state index is 11.8. The first-order chi connectivity index (χ1) is 9.17. The number of anilines is 1. The number of rotatable bonds is 4. The van der Waals surface area contributed by atoms with Gasteiger partial charge in [-0.05, 0) is 25.3 Å². The second-order valence-corrected chi connectivity index (χ2v) is 5.72. The molecule has 0 amide bonds. The van der Waals surface area contributed by atoms with E-state index in [-0.39, 0.29) is 5.97 Å². The first-order valence-electron chi connectivity index (χ1n) is 5.87. The Labute approximate surface area is 120 Å². The summed E-state index contributed by atoms with van der Waals surface area (Å²) in [6, 6.07) is 9.91. The van der Waals surface area contributed by atoms with Crippen LogP contribution in [0.2, 0.25) is 0 Å². The number of benzene rings is 1. The van der Waals surface area contributed by atoms with Gasteiger partial charge in [-0.25, -0.2) is 4.79 Å². The summed E-state index contributed by atoms with van der Waals surface area (Å²) in [5.41, 5.74) is 7.48. The minimum Gasteiger partial charge on any atom is -0.462 e. The van der Waals surface area contributed by atoms with Gasteiger partial charge in [-0.2, -0.15) is 0 Å². The number of carbonyl (C=O) groups excluding carboxylic acids is 1. The summed E-state index contributed by atoms with van der Waals surface area (Å²) >= 11 is 3.05. The summed E-state index contributed by atoms with van der Waals surface area (Å²) in [6.07, 6.45) is 2.03. The normalized spacial score (nSPS) is 10.4. The van der Waals surface area contributed by atoms with E-state index in [1.807, 2.05) is 30.5 Å². The average molecular weight is 293 g/mol. The zero-order chi connectivity index (χ0) is 13.8. The summed E-state index contributed by atoms with van der Waals surface area (Å²) in [4.78, 5) is 14.4. The Balaban J connectivity index is 2.42. The summed E-state index contributed by atoms with van der Waals surface area (Å²) in [5.74, 6) is -0.349. The molecule has 100 valence electrons. The highest BCUT2D eigenvalue weighted by atomic mass is 32.2. The lowest BCUT2D eigenvalue weighted by Gasteiger charge is -2.03. The van der Waals surface area contributed by atoms with Gasteiger partial charge >= 0.3 is 5.97 Å². The first-order valence-corrected chi connectivity index (χ1v) is 7.91. The lowest BCUT2D eigenvalue weighted by atomic mass is 10.2. The summed E-state index contributed by atoms with van der Waals surface area (Å²) < 4.78 is 5.00. The Hall–Kier alpha value is -1.46. The summed E-state index contributed by atoms with van der Waals surface area (Å²) in [6.45, 7) is 2.14. The van der Waals surface area contributed by atoms with Crippen LogP contribution in [0.1, 0.15) is 16.6 Å². The first kappa shape index (κ1) is 14.0. The van der Waals surface area contributed by atoms with E-state index < -0.39 is 0 Å². The average Bonchev–Trinajstić information content (AvgIpc) is 2.81. The molecule has 0 radical (unpaired) electrons.